The van der Waals surface area contributed by atoms with Crippen molar-refractivity contribution in [1.82, 2.24) is 0 Å². The standard InChI is InChI=1S/C8H5Cl2FO/c9-4-1-2-5(11)8(10)7(4)6-3-12-6/h1-2,6H,3H2/t6-/m1/s1. The van der Waals surface area contributed by atoms with Gasteiger partial charge in [0.2, 0.25) is 0 Å². The molecule has 1 aromatic carbocycles. The molecule has 1 aliphatic heterocycles. The van der Waals surface area contributed by atoms with Gasteiger partial charge in [-0.25, -0.2) is 4.39 Å². The van der Waals surface area contributed by atoms with E-state index in [1.54, 1.807) is 0 Å². The van der Waals surface area contributed by atoms with E-state index < -0.39 is 5.82 Å². The molecule has 1 nitrogen and oxygen atoms in total. The fourth-order valence-corrected chi connectivity index (χ4v) is 1.67. The third-order valence-electron chi connectivity index (χ3n) is 1.73. The van der Waals surface area contributed by atoms with Gasteiger partial charge in [0.05, 0.1) is 11.6 Å². The van der Waals surface area contributed by atoms with Crippen LogP contribution in [-0.2, 0) is 4.74 Å². The molecule has 4 heteroatoms. The van der Waals surface area contributed by atoms with Crippen LogP contribution in [0.3, 0.4) is 0 Å². The zero-order valence-corrected chi connectivity index (χ0v) is 7.49. The predicted octanol–water partition coefficient (Wildman–Crippen LogP) is 3.20. The average molecular weight is 207 g/mol. The summed E-state index contributed by atoms with van der Waals surface area (Å²) in [6.07, 6.45) is -0.110. The van der Waals surface area contributed by atoms with Crippen LogP contribution in [0.2, 0.25) is 10.0 Å². The van der Waals surface area contributed by atoms with Gasteiger partial charge in [0, 0.05) is 10.6 Å². The second kappa shape index (κ2) is 2.87. The summed E-state index contributed by atoms with van der Waals surface area (Å²) in [7, 11) is 0. The normalized spacial score (nSPS) is 21.1. The van der Waals surface area contributed by atoms with Crippen molar-refractivity contribution in [2.45, 2.75) is 6.10 Å². The number of ether oxygens (including phenoxy) is 1. The van der Waals surface area contributed by atoms with E-state index in [-0.39, 0.29) is 11.1 Å². The Morgan fingerprint density at radius 3 is 2.67 bits per heavy atom. The second-order valence-electron chi connectivity index (χ2n) is 2.58. The van der Waals surface area contributed by atoms with E-state index in [0.717, 1.165) is 0 Å². The quantitative estimate of drug-likeness (QED) is 0.508. The Kier molecular flexibility index (Phi) is 1.99. The molecule has 0 aliphatic carbocycles. The highest BCUT2D eigenvalue weighted by Crippen LogP contribution is 2.40. The van der Waals surface area contributed by atoms with E-state index in [1.165, 1.54) is 12.1 Å². The van der Waals surface area contributed by atoms with Crippen molar-refractivity contribution >= 4 is 23.2 Å². The van der Waals surface area contributed by atoms with Crippen molar-refractivity contribution in [3.63, 3.8) is 0 Å². The van der Waals surface area contributed by atoms with Crippen molar-refractivity contribution in [2.24, 2.45) is 0 Å². The molecular formula is C8H5Cl2FO. The van der Waals surface area contributed by atoms with Gasteiger partial charge < -0.3 is 4.74 Å². The lowest BCUT2D eigenvalue weighted by Crippen LogP contribution is -1.88. The molecule has 1 fully saturated rings. The molecule has 1 saturated heterocycles. The Labute approximate surface area is 79.0 Å². The SMILES string of the molecule is Fc1ccc(Cl)c([C@H]2CO2)c1Cl. The summed E-state index contributed by atoms with van der Waals surface area (Å²) in [6.45, 7) is 0.572. The van der Waals surface area contributed by atoms with E-state index in [9.17, 15) is 4.39 Å². The van der Waals surface area contributed by atoms with E-state index >= 15 is 0 Å². The maximum atomic E-state index is 12.9. The first-order valence-corrected chi connectivity index (χ1v) is 4.20. The van der Waals surface area contributed by atoms with E-state index in [0.29, 0.717) is 17.2 Å². The van der Waals surface area contributed by atoms with E-state index in [1.807, 2.05) is 0 Å². The van der Waals surface area contributed by atoms with Crippen LogP contribution < -0.4 is 0 Å². The van der Waals surface area contributed by atoms with Crippen molar-refractivity contribution in [1.29, 1.82) is 0 Å². The maximum Gasteiger partial charge on any atom is 0.142 e. The van der Waals surface area contributed by atoms with Gasteiger partial charge in [0.25, 0.3) is 0 Å². The Bertz CT molecular complexity index is 323. The molecule has 0 aromatic heterocycles. The van der Waals surface area contributed by atoms with Crippen molar-refractivity contribution < 1.29 is 9.13 Å². The minimum Gasteiger partial charge on any atom is -0.368 e. The molecule has 0 N–H and O–H groups in total. The Morgan fingerprint density at radius 2 is 2.08 bits per heavy atom. The van der Waals surface area contributed by atoms with Crippen LogP contribution in [-0.4, -0.2) is 6.61 Å². The van der Waals surface area contributed by atoms with Gasteiger partial charge in [-0.05, 0) is 12.1 Å². The van der Waals surface area contributed by atoms with Gasteiger partial charge in [-0.2, -0.15) is 0 Å². The molecule has 1 aromatic rings. The first-order valence-electron chi connectivity index (χ1n) is 3.45. The van der Waals surface area contributed by atoms with Crippen LogP contribution in [0, 0.1) is 5.82 Å². The third-order valence-corrected chi connectivity index (χ3v) is 2.45. The highest BCUT2D eigenvalue weighted by molar-refractivity contribution is 6.36. The van der Waals surface area contributed by atoms with Gasteiger partial charge in [-0.15, -0.1) is 0 Å². The molecule has 1 heterocycles. The fraction of sp³-hybridized carbons (Fsp3) is 0.250. The number of epoxide rings is 1. The number of rotatable bonds is 1. The number of benzene rings is 1. The topological polar surface area (TPSA) is 12.5 Å². The van der Waals surface area contributed by atoms with Crippen LogP contribution in [0.15, 0.2) is 12.1 Å². The second-order valence-corrected chi connectivity index (χ2v) is 3.36. The lowest BCUT2D eigenvalue weighted by atomic mass is 10.1. The lowest BCUT2D eigenvalue weighted by molar-refractivity contribution is 0.415. The molecule has 12 heavy (non-hydrogen) atoms. The van der Waals surface area contributed by atoms with Crippen molar-refractivity contribution in [3.05, 3.63) is 33.6 Å². The summed E-state index contributed by atoms with van der Waals surface area (Å²) in [5.74, 6) is -0.452. The predicted molar refractivity (Wildman–Crippen MR) is 45.1 cm³/mol. The van der Waals surface area contributed by atoms with Gasteiger partial charge in [0.1, 0.15) is 11.9 Å². The van der Waals surface area contributed by atoms with Crippen LogP contribution >= 0.6 is 23.2 Å². The third kappa shape index (κ3) is 1.30. The van der Waals surface area contributed by atoms with Gasteiger partial charge in [0.15, 0.2) is 0 Å². The summed E-state index contributed by atoms with van der Waals surface area (Å²) in [4.78, 5) is 0. The minimum absolute atomic E-state index is 0.0741. The van der Waals surface area contributed by atoms with Gasteiger partial charge >= 0.3 is 0 Å². The zero-order chi connectivity index (χ0) is 8.72. The van der Waals surface area contributed by atoms with Crippen LogP contribution in [0.4, 0.5) is 4.39 Å². The number of hydrogen-bond acceptors (Lipinski definition) is 1. The minimum atomic E-state index is -0.452. The molecular weight excluding hydrogens is 202 g/mol. The van der Waals surface area contributed by atoms with Crippen molar-refractivity contribution in [2.75, 3.05) is 6.61 Å². The van der Waals surface area contributed by atoms with Crippen LogP contribution in [0.5, 0.6) is 0 Å². The Balaban J connectivity index is 2.55. The smallest absolute Gasteiger partial charge is 0.142 e. The molecule has 0 saturated carbocycles. The summed E-state index contributed by atoms with van der Waals surface area (Å²) in [5.41, 5.74) is 0.568. The number of halogens is 3. The Hall–Kier alpha value is -0.310. The Morgan fingerprint density at radius 1 is 1.42 bits per heavy atom. The first-order chi connectivity index (χ1) is 5.70. The average Bonchev–Trinajstić information content (AvgIpc) is 2.81. The molecule has 0 spiro atoms. The van der Waals surface area contributed by atoms with E-state index in [2.05, 4.69) is 0 Å². The summed E-state index contributed by atoms with van der Waals surface area (Å²) < 4.78 is 17.9. The molecule has 0 radical (unpaired) electrons. The van der Waals surface area contributed by atoms with Gasteiger partial charge in [-0.1, -0.05) is 23.2 Å². The maximum absolute atomic E-state index is 12.9. The first kappa shape index (κ1) is 8.30. The van der Waals surface area contributed by atoms with Crippen LogP contribution in [0.25, 0.3) is 0 Å². The molecule has 1 aliphatic rings. The van der Waals surface area contributed by atoms with Crippen molar-refractivity contribution in [3.8, 4) is 0 Å². The molecule has 64 valence electrons. The largest absolute Gasteiger partial charge is 0.368 e. The van der Waals surface area contributed by atoms with Gasteiger partial charge in [-0.3, -0.25) is 0 Å². The fourth-order valence-electron chi connectivity index (χ4n) is 1.05. The monoisotopic (exact) mass is 206 g/mol. The van der Waals surface area contributed by atoms with Crippen LogP contribution in [0.1, 0.15) is 11.7 Å². The molecule has 0 bridgehead atoms. The summed E-state index contributed by atoms with van der Waals surface area (Å²) in [6, 6.07) is 2.73. The highest BCUT2D eigenvalue weighted by atomic mass is 35.5. The molecule has 0 unspecified atom stereocenters. The molecule has 0 amide bonds. The summed E-state index contributed by atoms with van der Waals surface area (Å²) in [5, 5.41) is 0.536. The summed E-state index contributed by atoms with van der Waals surface area (Å²) >= 11 is 11.5. The number of hydrogen-bond donors (Lipinski definition) is 0. The zero-order valence-electron chi connectivity index (χ0n) is 5.98. The highest BCUT2D eigenvalue weighted by Gasteiger charge is 2.30. The molecule has 2 rings (SSSR count). The molecule has 1 atom stereocenters. The van der Waals surface area contributed by atoms with E-state index in [4.69, 9.17) is 27.9 Å². The lowest BCUT2D eigenvalue weighted by Gasteiger charge is -2.03.